The maximum absolute atomic E-state index is 12.6. The van der Waals surface area contributed by atoms with Crippen molar-refractivity contribution >= 4 is 23.5 Å². The number of piperazine rings is 1. The first-order chi connectivity index (χ1) is 16.2. The van der Waals surface area contributed by atoms with E-state index in [1.807, 2.05) is 26.8 Å². The zero-order valence-electron chi connectivity index (χ0n) is 20.3. The Morgan fingerprint density at radius 2 is 1.97 bits per heavy atom. The molecule has 5 rings (SSSR count). The van der Waals surface area contributed by atoms with Gasteiger partial charge in [0.2, 0.25) is 0 Å². The molecule has 0 radical (unpaired) electrons. The van der Waals surface area contributed by atoms with E-state index < -0.39 is 5.60 Å². The lowest BCUT2D eigenvalue weighted by Crippen LogP contribution is -2.55. The SMILES string of the molecule is C[C@H]1CN(C(=O)OC(C)(C)C)CCN1c1ncnc2c1C1(CCC1)CN2c1cc(C#N)ccn1. The van der Waals surface area contributed by atoms with Gasteiger partial charge in [0, 0.05) is 49.4 Å². The van der Waals surface area contributed by atoms with E-state index in [9.17, 15) is 10.1 Å². The normalized spacial score (nSPS) is 21.1. The number of aromatic nitrogens is 3. The maximum atomic E-state index is 12.6. The van der Waals surface area contributed by atoms with E-state index in [1.54, 1.807) is 23.5 Å². The zero-order valence-corrected chi connectivity index (χ0v) is 20.3. The van der Waals surface area contributed by atoms with Gasteiger partial charge >= 0.3 is 6.09 Å². The van der Waals surface area contributed by atoms with Crippen LogP contribution in [0.15, 0.2) is 24.7 Å². The molecular weight excluding hydrogens is 430 g/mol. The highest BCUT2D eigenvalue weighted by Gasteiger charge is 2.51. The number of amides is 1. The van der Waals surface area contributed by atoms with E-state index in [0.29, 0.717) is 25.2 Å². The predicted molar refractivity (Wildman–Crippen MR) is 128 cm³/mol. The second-order valence-electron chi connectivity index (χ2n) is 10.6. The molecule has 2 aromatic rings. The van der Waals surface area contributed by atoms with Gasteiger partial charge in [-0.25, -0.2) is 19.7 Å². The Morgan fingerprint density at radius 1 is 1.21 bits per heavy atom. The first-order valence-electron chi connectivity index (χ1n) is 11.9. The van der Waals surface area contributed by atoms with Crippen LogP contribution in [0.5, 0.6) is 0 Å². The Kier molecular flexibility index (Phi) is 5.34. The van der Waals surface area contributed by atoms with Crippen LogP contribution in [-0.2, 0) is 10.2 Å². The summed E-state index contributed by atoms with van der Waals surface area (Å²) < 4.78 is 5.59. The van der Waals surface area contributed by atoms with Crippen LogP contribution in [0.25, 0.3) is 0 Å². The number of fused-ring (bicyclic) bond motifs is 2. The highest BCUT2D eigenvalue weighted by atomic mass is 16.6. The molecule has 0 bridgehead atoms. The van der Waals surface area contributed by atoms with E-state index in [-0.39, 0.29) is 17.6 Å². The summed E-state index contributed by atoms with van der Waals surface area (Å²) in [6.45, 7) is 10.4. The molecule has 0 unspecified atom stereocenters. The van der Waals surface area contributed by atoms with Gasteiger partial charge in [-0.1, -0.05) is 6.42 Å². The van der Waals surface area contributed by atoms with Crippen molar-refractivity contribution in [2.24, 2.45) is 0 Å². The number of nitriles is 1. The van der Waals surface area contributed by atoms with Crippen LogP contribution in [0.2, 0.25) is 0 Å². The zero-order chi connectivity index (χ0) is 24.1. The van der Waals surface area contributed by atoms with Crippen LogP contribution in [0, 0.1) is 11.3 Å². The van der Waals surface area contributed by atoms with Crippen molar-refractivity contribution in [2.45, 2.75) is 64.0 Å². The lowest BCUT2D eigenvalue weighted by atomic mass is 9.66. The first kappa shape index (κ1) is 22.4. The van der Waals surface area contributed by atoms with Gasteiger partial charge in [-0.15, -0.1) is 0 Å². The van der Waals surface area contributed by atoms with E-state index in [0.717, 1.165) is 36.8 Å². The van der Waals surface area contributed by atoms with Crippen molar-refractivity contribution in [3.63, 3.8) is 0 Å². The number of carbonyl (C=O) groups excluding carboxylic acids is 1. The lowest BCUT2D eigenvalue weighted by Gasteiger charge is -2.44. The molecule has 2 aliphatic heterocycles. The van der Waals surface area contributed by atoms with Crippen LogP contribution < -0.4 is 9.80 Å². The Hall–Kier alpha value is -3.41. The van der Waals surface area contributed by atoms with Crippen LogP contribution in [0.3, 0.4) is 0 Å². The summed E-state index contributed by atoms with van der Waals surface area (Å²) in [4.78, 5) is 32.9. The maximum Gasteiger partial charge on any atom is 0.410 e. The summed E-state index contributed by atoms with van der Waals surface area (Å²) in [6, 6.07) is 5.84. The van der Waals surface area contributed by atoms with Gasteiger partial charge in [-0.05, 0) is 52.7 Å². The second-order valence-corrected chi connectivity index (χ2v) is 10.6. The lowest BCUT2D eigenvalue weighted by molar-refractivity contribution is 0.0218. The van der Waals surface area contributed by atoms with Crippen molar-refractivity contribution < 1.29 is 9.53 Å². The van der Waals surface area contributed by atoms with Crippen LogP contribution >= 0.6 is 0 Å². The minimum Gasteiger partial charge on any atom is -0.444 e. The molecule has 0 aromatic carbocycles. The van der Waals surface area contributed by atoms with Gasteiger partial charge in [0.05, 0.1) is 11.6 Å². The average Bonchev–Trinajstić information content (AvgIpc) is 3.14. The molecule has 0 N–H and O–H groups in total. The van der Waals surface area contributed by atoms with Gasteiger partial charge in [-0.2, -0.15) is 5.26 Å². The summed E-state index contributed by atoms with van der Waals surface area (Å²) in [5, 5.41) is 9.36. The molecule has 1 amide bonds. The van der Waals surface area contributed by atoms with E-state index >= 15 is 0 Å². The number of pyridine rings is 1. The summed E-state index contributed by atoms with van der Waals surface area (Å²) in [5.41, 5.74) is 1.26. The van der Waals surface area contributed by atoms with Crippen molar-refractivity contribution in [3.05, 3.63) is 35.8 Å². The summed E-state index contributed by atoms with van der Waals surface area (Å²) in [6.07, 6.45) is 6.38. The van der Waals surface area contributed by atoms with Crippen LogP contribution in [-0.4, -0.2) is 63.8 Å². The van der Waals surface area contributed by atoms with Crippen molar-refractivity contribution in [3.8, 4) is 6.07 Å². The van der Waals surface area contributed by atoms with Gasteiger partial charge in [0.15, 0.2) is 0 Å². The standard InChI is InChI=1S/C25H31N7O2/c1-17-14-30(23(33)34-24(2,3)4)10-11-31(17)21-20-22(29-16-28-21)32(15-25(20)7-5-8-25)19-12-18(13-26)6-9-27-19/h6,9,12,16-17H,5,7-8,10-11,14-15H2,1-4H3/t17-/m0/s1. The molecule has 2 fully saturated rings. The number of ether oxygens (including phenoxy) is 1. The molecule has 3 aliphatic rings. The smallest absolute Gasteiger partial charge is 0.410 e. The molecule has 4 heterocycles. The fraction of sp³-hybridized carbons (Fsp3) is 0.560. The van der Waals surface area contributed by atoms with Crippen molar-refractivity contribution in [1.29, 1.82) is 5.26 Å². The fourth-order valence-electron chi connectivity index (χ4n) is 5.32. The van der Waals surface area contributed by atoms with Gasteiger partial charge < -0.3 is 19.4 Å². The molecule has 34 heavy (non-hydrogen) atoms. The summed E-state index contributed by atoms with van der Waals surface area (Å²) >= 11 is 0. The molecule has 1 atom stereocenters. The second kappa shape index (κ2) is 8.12. The number of nitrogens with zero attached hydrogens (tertiary/aromatic N) is 7. The summed E-state index contributed by atoms with van der Waals surface area (Å²) in [7, 11) is 0. The quantitative estimate of drug-likeness (QED) is 0.667. The average molecular weight is 462 g/mol. The van der Waals surface area contributed by atoms with Gasteiger partial charge in [-0.3, -0.25) is 0 Å². The number of carbonyl (C=O) groups is 1. The number of rotatable bonds is 2. The largest absolute Gasteiger partial charge is 0.444 e. The fourth-order valence-corrected chi connectivity index (χ4v) is 5.32. The highest BCUT2D eigenvalue weighted by Crippen LogP contribution is 2.56. The Morgan fingerprint density at radius 3 is 2.62 bits per heavy atom. The predicted octanol–water partition coefficient (Wildman–Crippen LogP) is 3.76. The molecule has 1 saturated carbocycles. The third-order valence-electron chi connectivity index (χ3n) is 7.07. The third kappa shape index (κ3) is 3.81. The summed E-state index contributed by atoms with van der Waals surface area (Å²) in [5.74, 6) is 2.59. The van der Waals surface area contributed by atoms with E-state index in [2.05, 4.69) is 27.8 Å². The van der Waals surface area contributed by atoms with Crippen LogP contribution in [0.4, 0.5) is 22.2 Å². The van der Waals surface area contributed by atoms with E-state index in [4.69, 9.17) is 14.7 Å². The molecule has 1 aliphatic carbocycles. The Bertz CT molecular complexity index is 1150. The molecule has 1 saturated heterocycles. The molecule has 178 valence electrons. The van der Waals surface area contributed by atoms with Gasteiger partial charge in [0.25, 0.3) is 0 Å². The highest BCUT2D eigenvalue weighted by molar-refractivity contribution is 5.75. The molecule has 2 aromatic heterocycles. The van der Waals surface area contributed by atoms with Crippen LogP contribution in [0.1, 0.15) is 58.1 Å². The third-order valence-corrected chi connectivity index (χ3v) is 7.07. The first-order valence-corrected chi connectivity index (χ1v) is 11.9. The monoisotopic (exact) mass is 461 g/mol. The minimum absolute atomic E-state index is 0.00171. The molecule has 9 heteroatoms. The number of anilines is 3. The van der Waals surface area contributed by atoms with Crippen molar-refractivity contribution in [2.75, 3.05) is 36.0 Å². The molecular formula is C25H31N7O2. The Balaban J connectivity index is 1.46. The van der Waals surface area contributed by atoms with Crippen molar-refractivity contribution in [1.82, 2.24) is 19.9 Å². The van der Waals surface area contributed by atoms with Gasteiger partial charge in [0.1, 0.15) is 29.4 Å². The molecule has 9 nitrogen and oxygen atoms in total. The molecule has 1 spiro atoms. The minimum atomic E-state index is -0.512. The van der Waals surface area contributed by atoms with E-state index in [1.165, 1.54) is 12.0 Å². The Labute approximate surface area is 200 Å². The number of hydrogen-bond acceptors (Lipinski definition) is 8. The number of hydrogen-bond donors (Lipinski definition) is 0. The topological polar surface area (TPSA) is 98.5 Å².